The molecule has 0 aliphatic rings. The van der Waals surface area contributed by atoms with Gasteiger partial charge in [-0.25, -0.2) is 4.79 Å². The fraction of sp³-hybridized carbons (Fsp3) is 0.263. The molecule has 2 aromatic rings. The first-order valence-electron chi connectivity index (χ1n) is 7.83. The summed E-state index contributed by atoms with van der Waals surface area (Å²) < 4.78 is 44.3. The molecular formula is C19H18F3NO2S. The second-order valence-electron chi connectivity index (χ2n) is 5.78. The lowest BCUT2D eigenvalue weighted by Gasteiger charge is -2.20. The van der Waals surface area contributed by atoms with Crippen LogP contribution in [0.2, 0.25) is 0 Å². The van der Waals surface area contributed by atoms with Crippen molar-refractivity contribution in [3.05, 3.63) is 70.8 Å². The van der Waals surface area contributed by atoms with Gasteiger partial charge in [0.1, 0.15) is 11.0 Å². The topological polar surface area (TPSA) is 38.3 Å². The van der Waals surface area contributed by atoms with Crippen LogP contribution >= 0.6 is 12.2 Å². The summed E-state index contributed by atoms with van der Waals surface area (Å²) in [6, 6.07) is 11.6. The molecule has 0 saturated heterocycles. The number of methoxy groups -OCH3 is 1. The van der Waals surface area contributed by atoms with Crippen molar-refractivity contribution in [1.82, 2.24) is 5.32 Å². The van der Waals surface area contributed by atoms with Crippen molar-refractivity contribution >= 4 is 23.2 Å². The predicted octanol–water partition coefficient (Wildman–Crippen LogP) is 4.06. The number of carbonyl (C=O) groups is 1. The Bertz CT molecular complexity index is 788. The average Bonchev–Trinajstić information content (AvgIpc) is 2.61. The Kier molecular flexibility index (Phi) is 6.37. The van der Waals surface area contributed by atoms with Gasteiger partial charge < -0.3 is 10.1 Å². The maximum atomic E-state index is 13.2. The summed E-state index contributed by atoms with van der Waals surface area (Å²) in [7, 11) is 1.22. The molecular weight excluding hydrogens is 363 g/mol. The van der Waals surface area contributed by atoms with Gasteiger partial charge in [-0.15, -0.1) is 0 Å². The lowest BCUT2D eigenvalue weighted by Crippen LogP contribution is -2.43. The molecule has 0 aliphatic carbocycles. The number of hydrogen-bond donors (Lipinski definition) is 1. The number of aryl methyl sites for hydroxylation is 1. The fourth-order valence-electron chi connectivity index (χ4n) is 2.46. The van der Waals surface area contributed by atoms with Gasteiger partial charge in [0.2, 0.25) is 0 Å². The molecule has 26 heavy (non-hydrogen) atoms. The van der Waals surface area contributed by atoms with Crippen LogP contribution in [0.1, 0.15) is 22.3 Å². The van der Waals surface area contributed by atoms with Gasteiger partial charge in [0, 0.05) is 12.0 Å². The van der Waals surface area contributed by atoms with Crippen LogP contribution in [0.5, 0.6) is 0 Å². The van der Waals surface area contributed by atoms with Crippen LogP contribution in [0.4, 0.5) is 13.2 Å². The molecule has 7 heteroatoms. The first-order valence-corrected chi connectivity index (χ1v) is 8.23. The third-order valence-electron chi connectivity index (χ3n) is 3.83. The number of hydrogen-bond acceptors (Lipinski definition) is 3. The first kappa shape index (κ1) is 19.9. The second kappa shape index (κ2) is 8.31. The molecule has 1 unspecified atom stereocenters. The highest BCUT2D eigenvalue weighted by Gasteiger charge is 2.34. The highest BCUT2D eigenvalue weighted by atomic mass is 32.1. The number of rotatable bonds is 5. The molecule has 0 aromatic heterocycles. The van der Waals surface area contributed by atoms with Gasteiger partial charge in [-0.05, 0) is 18.6 Å². The summed E-state index contributed by atoms with van der Waals surface area (Å²) >= 11 is 5.14. The van der Waals surface area contributed by atoms with Crippen molar-refractivity contribution in [3.63, 3.8) is 0 Å². The van der Waals surface area contributed by atoms with E-state index in [0.717, 1.165) is 17.2 Å². The Morgan fingerprint density at radius 1 is 1.15 bits per heavy atom. The van der Waals surface area contributed by atoms with Gasteiger partial charge in [-0.3, -0.25) is 0 Å². The normalized spacial score (nSPS) is 12.3. The van der Waals surface area contributed by atoms with E-state index in [-0.39, 0.29) is 17.0 Å². The van der Waals surface area contributed by atoms with Gasteiger partial charge in [0.05, 0.1) is 12.7 Å². The molecule has 0 bridgehead atoms. The molecule has 0 spiro atoms. The van der Waals surface area contributed by atoms with E-state index in [4.69, 9.17) is 17.0 Å². The van der Waals surface area contributed by atoms with Crippen LogP contribution in [0.15, 0.2) is 48.5 Å². The van der Waals surface area contributed by atoms with E-state index in [1.807, 2.05) is 31.2 Å². The number of ether oxygens (including phenoxy) is 1. The summed E-state index contributed by atoms with van der Waals surface area (Å²) in [5.74, 6) is -0.600. The van der Waals surface area contributed by atoms with E-state index >= 15 is 0 Å². The number of alkyl halides is 3. The Morgan fingerprint density at radius 2 is 1.77 bits per heavy atom. The van der Waals surface area contributed by atoms with Crippen LogP contribution in [-0.4, -0.2) is 24.1 Å². The molecule has 0 heterocycles. The van der Waals surface area contributed by atoms with Gasteiger partial charge >= 0.3 is 12.1 Å². The molecule has 0 aliphatic heterocycles. The zero-order valence-electron chi connectivity index (χ0n) is 14.3. The molecule has 1 N–H and O–H groups in total. The lowest BCUT2D eigenvalue weighted by molar-refractivity contribution is -0.142. The molecule has 0 saturated carbocycles. The Hall–Kier alpha value is -2.41. The number of halogens is 3. The Morgan fingerprint density at radius 3 is 2.35 bits per heavy atom. The van der Waals surface area contributed by atoms with Gasteiger partial charge in [0.15, 0.2) is 0 Å². The van der Waals surface area contributed by atoms with Gasteiger partial charge in [0.25, 0.3) is 0 Å². The predicted molar refractivity (Wildman–Crippen MR) is 97.0 cm³/mol. The molecule has 2 aromatic carbocycles. The van der Waals surface area contributed by atoms with Crippen LogP contribution in [0, 0.1) is 6.92 Å². The first-order chi connectivity index (χ1) is 12.2. The molecule has 3 nitrogen and oxygen atoms in total. The average molecular weight is 381 g/mol. The molecule has 2 rings (SSSR count). The summed E-state index contributed by atoms with van der Waals surface area (Å²) in [6.45, 7) is 1.93. The van der Waals surface area contributed by atoms with E-state index in [0.29, 0.717) is 0 Å². The maximum absolute atomic E-state index is 13.2. The van der Waals surface area contributed by atoms with Crippen molar-refractivity contribution in [2.75, 3.05) is 7.11 Å². The smallest absolute Gasteiger partial charge is 0.417 e. The lowest BCUT2D eigenvalue weighted by atomic mass is 10.0. The van der Waals surface area contributed by atoms with E-state index in [1.165, 1.54) is 25.3 Å². The quantitative estimate of drug-likeness (QED) is 0.626. The monoisotopic (exact) mass is 381 g/mol. The minimum absolute atomic E-state index is 0.152. The number of nitrogens with one attached hydrogen (secondary N) is 1. The Labute approximate surface area is 155 Å². The van der Waals surface area contributed by atoms with Crippen LogP contribution in [0.25, 0.3) is 0 Å². The SMILES string of the molecule is COC(=O)C(Cc1ccc(C)cc1)NC(=S)c1ccccc1C(F)(F)F. The standard InChI is InChI=1S/C19H18F3NO2S/c1-12-7-9-13(10-8-12)11-16(18(24)25-2)23-17(26)14-5-3-4-6-15(14)19(20,21)22/h3-10,16H,11H2,1-2H3,(H,23,26). The zero-order chi connectivity index (χ0) is 19.3. The molecule has 0 amide bonds. The van der Waals surface area contributed by atoms with Gasteiger partial charge in [-0.2, -0.15) is 13.2 Å². The fourth-order valence-corrected chi connectivity index (χ4v) is 2.78. The van der Waals surface area contributed by atoms with Crippen LogP contribution in [-0.2, 0) is 22.1 Å². The Balaban J connectivity index is 2.25. The maximum Gasteiger partial charge on any atom is 0.417 e. The van der Waals surface area contributed by atoms with Crippen molar-refractivity contribution < 1.29 is 22.7 Å². The number of carbonyl (C=O) groups excluding carboxylic acids is 1. The molecule has 0 radical (unpaired) electrons. The van der Waals surface area contributed by atoms with E-state index in [1.54, 1.807) is 0 Å². The van der Waals surface area contributed by atoms with Crippen molar-refractivity contribution in [3.8, 4) is 0 Å². The van der Waals surface area contributed by atoms with Crippen LogP contribution in [0.3, 0.4) is 0 Å². The molecule has 1 atom stereocenters. The summed E-state index contributed by atoms with van der Waals surface area (Å²) in [5.41, 5.74) is 0.876. The zero-order valence-corrected chi connectivity index (χ0v) is 15.1. The van der Waals surface area contributed by atoms with Crippen molar-refractivity contribution in [2.24, 2.45) is 0 Å². The van der Waals surface area contributed by atoms with Gasteiger partial charge in [-0.1, -0.05) is 60.2 Å². The highest BCUT2D eigenvalue weighted by Crippen LogP contribution is 2.32. The number of thiocarbonyl (C=S) groups is 1. The third-order valence-corrected chi connectivity index (χ3v) is 4.17. The number of esters is 1. The third kappa shape index (κ3) is 5.05. The largest absolute Gasteiger partial charge is 0.467 e. The molecule has 0 fully saturated rings. The van der Waals surface area contributed by atoms with Crippen molar-refractivity contribution in [2.45, 2.75) is 25.6 Å². The minimum atomic E-state index is -4.54. The number of benzene rings is 2. The van der Waals surface area contributed by atoms with E-state index in [2.05, 4.69) is 5.32 Å². The summed E-state index contributed by atoms with van der Waals surface area (Å²) in [6.07, 6.45) is -4.30. The highest BCUT2D eigenvalue weighted by molar-refractivity contribution is 7.80. The van der Waals surface area contributed by atoms with Crippen LogP contribution < -0.4 is 5.32 Å². The van der Waals surface area contributed by atoms with E-state index < -0.39 is 23.8 Å². The van der Waals surface area contributed by atoms with Crippen molar-refractivity contribution in [1.29, 1.82) is 0 Å². The van der Waals surface area contributed by atoms with E-state index in [9.17, 15) is 18.0 Å². The minimum Gasteiger partial charge on any atom is -0.467 e. The molecule has 138 valence electrons. The second-order valence-corrected chi connectivity index (χ2v) is 6.19. The summed E-state index contributed by atoms with van der Waals surface area (Å²) in [4.78, 5) is 11.9. The summed E-state index contributed by atoms with van der Waals surface area (Å²) in [5, 5.41) is 2.72.